The number of halogens is 3. The number of carboxylic acid groups (broad SMARTS) is 1. The number of rotatable bonds is 7. The molecule has 12 heteroatoms. The Kier molecular flexibility index (Phi) is 7.07. The maximum Gasteiger partial charge on any atom is 0.534 e. The molecule has 0 heterocycles. The van der Waals surface area contributed by atoms with Gasteiger partial charge in [0.2, 0.25) is 0 Å². The lowest BCUT2D eigenvalue weighted by molar-refractivity contribution is -0.167. The molecule has 28 heavy (non-hydrogen) atoms. The lowest BCUT2D eigenvalue weighted by Gasteiger charge is -2.25. The molecule has 0 aliphatic heterocycles. The van der Waals surface area contributed by atoms with Crippen LogP contribution in [0.4, 0.5) is 13.2 Å². The molecule has 158 valence electrons. The Morgan fingerprint density at radius 1 is 1.14 bits per heavy atom. The summed E-state index contributed by atoms with van der Waals surface area (Å²) in [5.74, 6) is -4.76. The molecule has 0 radical (unpaired) electrons. The second-order valence-corrected chi connectivity index (χ2v) is 8.38. The number of carboxylic acids is 1. The number of hydrogen-bond acceptors (Lipinski definition) is 7. The average Bonchev–Trinajstić information content (AvgIpc) is 2.45. The van der Waals surface area contributed by atoms with Crippen molar-refractivity contribution < 1.29 is 45.2 Å². The molecule has 2 atom stereocenters. The van der Waals surface area contributed by atoms with Gasteiger partial charge in [-0.25, -0.2) is 0 Å². The summed E-state index contributed by atoms with van der Waals surface area (Å²) in [5.41, 5.74) is -0.340. The standard InChI is InChI=1S/C16H20F3NO7S/c1-15(2,3)26-14(23)12(13(21)22)11(20)8-9-4-6-10(7-5-9)27-28(24,25)16(17,18)19/h4-7,11-12H,8,20H2,1-3H3,(H,21,22). The van der Waals surface area contributed by atoms with Crippen molar-refractivity contribution in [3.63, 3.8) is 0 Å². The zero-order valence-corrected chi connectivity index (χ0v) is 16.0. The first kappa shape index (κ1) is 23.7. The van der Waals surface area contributed by atoms with E-state index in [9.17, 15) is 36.3 Å². The van der Waals surface area contributed by atoms with Crippen molar-refractivity contribution in [2.24, 2.45) is 11.7 Å². The van der Waals surface area contributed by atoms with Crippen LogP contribution in [0, 0.1) is 5.92 Å². The molecule has 1 aromatic rings. The summed E-state index contributed by atoms with van der Waals surface area (Å²) in [5, 5.41) is 9.26. The fourth-order valence-electron chi connectivity index (χ4n) is 2.07. The summed E-state index contributed by atoms with van der Waals surface area (Å²) in [6.07, 6.45) is -0.136. The van der Waals surface area contributed by atoms with E-state index in [1.54, 1.807) is 20.8 Å². The lowest BCUT2D eigenvalue weighted by Crippen LogP contribution is -2.45. The van der Waals surface area contributed by atoms with E-state index in [0.717, 1.165) is 12.1 Å². The van der Waals surface area contributed by atoms with E-state index in [2.05, 4.69) is 4.18 Å². The molecule has 8 nitrogen and oxygen atoms in total. The SMILES string of the molecule is CC(C)(C)OC(=O)C(C(=O)O)C(N)Cc1ccc(OS(=O)(=O)C(F)(F)F)cc1. The van der Waals surface area contributed by atoms with Crippen LogP contribution in [0.5, 0.6) is 5.75 Å². The van der Waals surface area contributed by atoms with Crippen LogP contribution in [-0.4, -0.2) is 42.6 Å². The van der Waals surface area contributed by atoms with Gasteiger partial charge in [0, 0.05) is 6.04 Å². The van der Waals surface area contributed by atoms with Crippen LogP contribution in [0.15, 0.2) is 24.3 Å². The van der Waals surface area contributed by atoms with Gasteiger partial charge in [-0.3, -0.25) is 9.59 Å². The summed E-state index contributed by atoms with van der Waals surface area (Å²) in [6, 6.07) is 3.12. The summed E-state index contributed by atoms with van der Waals surface area (Å²) in [6.45, 7) is 4.68. The summed E-state index contributed by atoms with van der Waals surface area (Å²) < 4.78 is 67.8. The van der Waals surface area contributed by atoms with Gasteiger partial charge in [-0.05, 0) is 44.9 Å². The molecular weight excluding hydrogens is 407 g/mol. The Balaban J connectivity index is 2.89. The molecule has 2 unspecified atom stereocenters. The molecular formula is C16H20F3NO7S. The molecule has 1 rings (SSSR count). The predicted molar refractivity (Wildman–Crippen MR) is 90.7 cm³/mol. The number of carbonyl (C=O) groups is 2. The Morgan fingerprint density at radius 3 is 2.04 bits per heavy atom. The van der Waals surface area contributed by atoms with Gasteiger partial charge in [0.15, 0.2) is 5.92 Å². The van der Waals surface area contributed by atoms with Crippen LogP contribution in [0.3, 0.4) is 0 Å². The quantitative estimate of drug-likeness (QED) is 0.291. The topological polar surface area (TPSA) is 133 Å². The normalized spacial score (nSPS) is 14.8. The van der Waals surface area contributed by atoms with Crippen LogP contribution in [0.2, 0.25) is 0 Å². The second-order valence-electron chi connectivity index (χ2n) is 6.84. The van der Waals surface area contributed by atoms with Gasteiger partial charge in [0.25, 0.3) is 0 Å². The Labute approximate surface area is 159 Å². The molecule has 3 N–H and O–H groups in total. The first-order valence-electron chi connectivity index (χ1n) is 7.84. The van der Waals surface area contributed by atoms with E-state index in [1.165, 1.54) is 12.1 Å². The van der Waals surface area contributed by atoms with Crippen molar-refractivity contribution in [1.82, 2.24) is 0 Å². The molecule has 0 aromatic heterocycles. The number of ether oxygens (including phenoxy) is 1. The number of esters is 1. The van der Waals surface area contributed by atoms with Gasteiger partial charge in [-0.2, -0.15) is 21.6 Å². The average molecular weight is 427 g/mol. The number of carbonyl (C=O) groups excluding carboxylic acids is 1. The number of hydrogen-bond donors (Lipinski definition) is 2. The summed E-state index contributed by atoms with van der Waals surface area (Å²) >= 11 is 0. The number of nitrogens with two attached hydrogens (primary N) is 1. The molecule has 0 spiro atoms. The second kappa shape index (κ2) is 8.35. The third-order valence-corrected chi connectivity index (χ3v) is 4.22. The van der Waals surface area contributed by atoms with E-state index < -0.39 is 50.9 Å². The monoisotopic (exact) mass is 427 g/mol. The molecule has 0 bridgehead atoms. The maximum absolute atomic E-state index is 12.3. The van der Waals surface area contributed by atoms with Gasteiger partial charge in [-0.1, -0.05) is 12.1 Å². The molecule has 0 aliphatic carbocycles. The van der Waals surface area contributed by atoms with E-state index in [-0.39, 0.29) is 6.42 Å². The first-order valence-corrected chi connectivity index (χ1v) is 9.25. The van der Waals surface area contributed by atoms with Crippen molar-refractivity contribution in [2.45, 2.75) is 44.3 Å². The lowest BCUT2D eigenvalue weighted by atomic mass is 9.94. The molecule has 0 amide bonds. The van der Waals surface area contributed by atoms with E-state index >= 15 is 0 Å². The van der Waals surface area contributed by atoms with Gasteiger partial charge in [0.1, 0.15) is 11.4 Å². The Morgan fingerprint density at radius 2 is 1.64 bits per heavy atom. The minimum atomic E-state index is -5.80. The molecule has 0 aliphatic rings. The highest BCUT2D eigenvalue weighted by atomic mass is 32.2. The molecule has 1 aromatic carbocycles. The van der Waals surface area contributed by atoms with Crippen molar-refractivity contribution in [1.29, 1.82) is 0 Å². The minimum absolute atomic E-state index is 0.136. The van der Waals surface area contributed by atoms with Gasteiger partial charge in [0.05, 0.1) is 0 Å². The third kappa shape index (κ3) is 6.68. The zero-order valence-electron chi connectivity index (χ0n) is 15.2. The van der Waals surface area contributed by atoms with E-state index in [1.807, 2.05) is 0 Å². The van der Waals surface area contributed by atoms with Gasteiger partial charge in [-0.15, -0.1) is 0 Å². The van der Waals surface area contributed by atoms with Crippen LogP contribution < -0.4 is 9.92 Å². The highest BCUT2D eigenvalue weighted by molar-refractivity contribution is 7.88. The highest BCUT2D eigenvalue weighted by Crippen LogP contribution is 2.27. The fraction of sp³-hybridized carbons (Fsp3) is 0.500. The van der Waals surface area contributed by atoms with Crippen molar-refractivity contribution in [3.05, 3.63) is 29.8 Å². The molecule has 0 saturated carbocycles. The van der Waals surface area contributed by atoms with E-state index in [0.29, 0.717) is 5.56 Å². The van der Waals surface area contributed by atoms with E-state index in [4.69, 9.17) is 10.5 Å². The predicted octanol–water partition coefficient (Wildman–Crippen LogP) is 1.83. The zero-order chi connectivity index (χ0) is 21.9. The largest absolute Gasteiger partial charge is 0.534 e. The summed E-state index contributed by atoms with van der Waals surface area (Å²) in [7, 11) is -5.80. The number of alkyl halides is 3. The Bertz CT molecular complexity index is 814. The fourth-order valence-corrected chi connectivity index (χ4v) is 2.53. The van der Waals surface area contributed by atoms with Crippen LogP contribution in [-0.2, 0) is 30.9 Å². The first-order chi connectivity index (χ1) is 12.5. The molecule has 0 fully saturated rings. The van der Waals surface area contributed by atoms with Crippen molar-refractivity contribution >= 4 is 22.1 Å². The third-order valence-electron chi connectivity index (χ3n) is 3.24. The number of aliphatic carboxylic acids is 1. The minimum Gasteiger partial charge on any atom is -0.481 e. The summed E-state index contributed by atoms with van der Waals surface area (Å²) in [4.78, 5) is 23.4. The van der Waals surface area contributed by atoms with Crippen LogP contribution in [0.25, 0.3) is 0 Å². The highest BCUT2D eigenvalue weighted by Gasteiger charge is 2.48. The van der Waals surface area contributed by atoms with Gasteiger partial charge >= 0.3 is 27.6 Å². The maximum atomic E-state index is 12.3. The number of benzene rings is 1. The van der Waals surface area contributed by atoms with Gasteiger partial charge < -0.3 is 19.8 Å². The Hall–Kier alpha value is -2.34. The van der Waals surface area contributed by atoms with Crippen molar-refractivity contribution in [2.75, 3.05) is 0 Å². The molecule has 0 saturated heterocycles. The van der Waals surface area contributed by atoms with Crippen LogP contribution in [0.1, 0.15) is 26.3 Å². The van der Waals surface area contributed by atoms with Crippen LogP contribution >= 0.6 is 0 Å². The smallest absolute Gasteiger partial charge is 0.481 e. The van der Waals surface area contributed by atoms with Crippen molar-refractivity contribution in [3.8, 4) is 5.75 Å².